The first-order valence-electron chi connectivity index (χ1n) is 6.55. The number of aliphatic imine (C=N–C) groups is 1. The van der Waals surface area contributed by atoms with Crippen molar-refractivity contribution in [2.75, 3.05) is 32.8 Å². The van der Waals surface area contributed by atoms with E-state index >= 15 is 0 Å². The van der Waals surface area contributed by atoms with E-state index < -0.39 is 0 Å². The average Bonchev–Trinajstić information content (AvgIpc) is 2.39. The van der Waals surface area contributed by atoms with Crippen LogP contribution in [0.2, 0.25) is 0 Å². The van der Waals surface area contributed by atoms with Crippen LogP contribution in [0.25, 0.3) is 0 Å². The van der Waals surface area contributed by atoms with Gasteiger partial charge in [0.2, 0.25) is 5.91 Å². The molecule has 6 heteroatoms. The highest BCUT2D eigenvalue weighted by atomic mass is 16.5. The third-order valence-electron chi connectivity index (χ3n) is 2.97. The zero-order valence-electron chi connectivity index (χ0n) is 11.3. The molecule has 0 saturated carbocycles. The van der Waals surface area contributed by atoms with Gasteiger partial charge >= 0.3 is 0 Å². The van der Waals surface area contributed by atoms with E-state index in [9.17, 15) is 4.79 Å². The molecular weight excluding hydrogens is 232 g/mol. The number of hydrogen-bond donors (Lipinski definition) is 2. The number of carbonyl (C=O) groups is 1. The van der Waals surface area contributed by atoms with Crippen LogP contribution in [0.1, 0.15) is 26.7 Å². The third-order valence-corrected chi connectivity index (χ3v) is 2.97. The second-order valence-corrected chi connectivity index (χ2v) is 4.47. The van der Waals surface area contributed by atoms with Gasteiger partial charge in [0, 0.05) is 25.6 Å². The maximum Gasteiger partial charge on any atom is 0.222 e. The molecule has 1 amide bonds. The first-order valence-corrected chi connectivity index (χ1v) is 6.55. The maximum atomic E-state index is 11.5. The molecule has 0 spiro atoms. The van der Waals surface area contributed by atoms with Gasteiger partial charge in [-0.15, -0.1) is 0 Å². The molecule has 0 aromatic rings. The Balaban J connectivity index is 2.24. The molecule has 0 radical (unpaired) electrons. The normalized spacial score (nSPS) is 18.6. The lowest BCUT2D eigenvalue weighted by Gasteiger charge is -2.27. The van der Waals surface area contributed by atoms with Gasteiger partial charge in [0.15, 0.2) is 5.96 Å². The van der Waals surface area contributed by atoms with E-state index in [0.29, 0.717) is 32.1 Å². The quantitative estimate of drug-likeness (QED) is 0.533. The molecule has 18 heavy (non-hydrogen) atoms. The number of guanidine groups is 1. The van der Waals surface area contributed by atoms with E-state index in [1.165, 1.54) is 0 Å². The molecule has 1 atom stereocenters. The summed E-state index contributed by atoms with van der Waals surface area (Å²) in [5.41, 5.74) is 5.85. The lowest BCUT2D eigenvalue weighted by molar-refractivity contribution is -0.121. The summed E-state index contributed by atoms with van der Waals surface area (Å²) in [7, 11) is 0. The summed E-state index contributed by atoms with van der Waals surface area (Å²) in [6.45, 7) is 7.38. The van der Waals surface area contributed by atoms with Crippen LogP contribution >= 0.6 is 0 Å². The first-order chi connectivity index (χ1) is 8.63. The molecule has 1 unspecified atom stereocenters. The molecule has 3 N–H and O–H groups in total. The minimum atomic E-state index is 0.0304. The van der Waals surface area contributed by atoms with Crippen LogP contribution in [0.4, 0.5) is 0 Å². The van der Waals surface area contributed by atoms with Gasteiger partial charge in [-0.05, 0) is 13.3 Å². The lowest BCUT2D eigenvalue weighted by atomic mass is 10.2. The topological polar surface area (TPSA) is 80.0 Å². The van der Waals surface area contributed by atoms with Crippen LogP contribution in [-0.4, -0.2) is 55.7 Å². The Bertz CT molecular complexity index is 288. The largest absolute Gasteiger partial charge is 0.378 e. The van der Waals surface area contributed by atoms with Crippen LogP contribution < -0.4 is 11.1 Å². The predicted molar refractivity (Wildman–Crippen MR) is 71.4 cm³/mol. The monoisotopic (exact) mass is 256 g/mol. The molecule has 0 aromatic carbocycles. The maximum absolute atomic E-state index is 11.5. The average molecular weight is 256 g/mol. The number of nitrogens with zero attached hydrogens (tertiary/aromatic N) is 2. The fourth-order valence-electron chi connectivity index (χ4n) is 1.61. The van der Waals surface area contributed by atoms with E-state index in [-0.39, 0.29) is 11.9 Å². The van der Waals surface area contributed by atoms with Crippen molar-refractivity contribution in [2.24, 2.45) is 10.7 Å². The van der Waals surface area contributed by atoms with Gasteiger partial charge in [-0.3, -0.25) is 9.79 Å². The Morgan fingerprint density at radius 1 is 1.50 bits per heavy atom. The molecule has 1 fully saturated rings. The Morgan fingerprint density at radius 3 is 2.78 bits per heavy atom. The fourth-order valence-corrected chi connectivity index (χ4v) is 1.61. The van der Waals surface area contributed by atoms with Crippen molar-refractivity contribution >= 4 is 11.9 Å². The highest BCUT2D eigenvalue weighted by Crippen LogP contribution is 1.96. The van der Waals surface area contributed by atoms with Crippen LogP contribution in [-0.2, 0) is 9.53 Å². The number of carbonyl (C=O) groups excluding carboxylic acids is 1. The van der Waals surface area contributed by atoms with Gasteiger partial charge in [-0.2, -0.15) is 0 Å². The summed E-state index contributed by atoms with van der Waals surface area (Å²) in [5, 5.41) is 2.90. The van der Waals surface area contributed by atoms with Gasteiger partial charge in [-0.25, -0.2) is 0 Å². The highest BCUT2D eigenvalue weighted by molar-refractivity contribution is 5.79. The highest BCUT2D eigenvalue weighted by Gasteiger charge is 2.12. The van der Waals surface area contributed by atoms with E-state index in [1.54, 1.807) is 0 Å². The number of rotatable bonds is 5. The van der Waals surface area contributed by atoms with Gasteiger partial charge < -0.3 is 20.7 Å². The molecule has 0 aliphatic carbocycles. The molecule has 6 nitrogen and oxygen atoms in total. The van der Waals surface area contributed by atoms with Crippen molar-refractivity contribution in [1.29, 1.82) is 0 Å². The Labute approximate surface area is 109 Å². The third kappa shape index (κ3) is 5.35. The summed E-state index contributed by atoms with van der Waals surface area (Å²) < 4.78 is 5.23. The molecule has 104 valence electrons. The van der Waals surface area contributed by atoms with Crippen molar-refractivity contribution in [3.05, 3.63) is 0 Å². The number of morpholine rings is 1. The van der Waals surface area contributed by atoms with E-state index in [4.69, 9.17) is 10.5 Å². The molecule has 1 heterocycles. The summed E-state index contributed by atoms with van der Waals surface area (Å²) in [5.74, 6) is 0.539. The van der Waals surface area contributed by atoms with Gasteiger partial charge in [0.1, 0.15) is 0 Å². The Kier molecular flexibility index (Phi) is 6.49. The summed E-state index contributed by atoms with van der Waals surface area (Å²) in [6.07, 6.45) is 1.32. The van der Waals surface area contributed by atoms with Crippen molar-refractivity contribution in [3.63, 3.8) is 0 Å². The SMILES string of the molecule is CCC(C)NC(=O)CCN=C(N)N1CCOCC1. The van der Waals surface area contributed by atoms with Crippen molar-refractivity contribution in [3.8, 4) is 0 Å². The number of amides is 1. The fraction of sp³-hybridized carbons (Fsp3) is 0.833. The summed E-state index contributed by atoms with van der Waals surface area (Å²) in [4.78, 5) is 17.7. The zero-order valence-corrected chi connectivity index (χ0v) is 11.3. The standard InChI is InChI=1S/C12H24N4O2/c1-3-10(2)15-11(17)4-5-14-12(13)16-6-8-18-9-7-16/h10H,3-9H2,1-2H3,(H2,13,14)(H,15,17). The molecule has 1 aliphatic heterocycles. The van der Waals surface area contributed by atoms with Gasteiger partial charge in [-0.1, -0.05) is 6.92 Å². The molecule has 1 rings (SSSR count). The number of ether oxygens (including phenoxy) is 1. The van der Waals surface area contributed by atoms with Crippen LogP contribution in [0.5, 0.6) is 0 Å². The minimum Gasteiger partial charge on any atom is -0.378 e. The minimum absolute atomic E-state index is 0.0304. The van der Waals surface area contributed by atoms with Crippen molar-refractivity contribution < 1.29 is 9.53 Å². The molecule has 0 aromatic heterocycles. The predicted octanol–water partition coefficient (Wildman–Crippen LogP) is -0.0619. The van der Waals surface area contributed by atoms with E-state index in [2.05, 4.69) is 10.3 Å². The van der Waals surface area contributed by atoms with Crippen molar-refractivity contribution in [2.45, 2.75) is 32.7 Å². The smallest absolute Gasteiger partial charge is 0.222 e. The molecule has 1 aliphatic rings. The first kappa shape index (κ1) is 14.8. The number of hydrogen-bond acceptors (Lipinski definition) is 3. The van der Waals surface area contributed by atoms with Crippen LogP contribution in [0.3, 0.4) is 0 Å². The summed E-state index contributed by atoms with van der Waals surface area (Å²) in [6, 6.07) is 0.220. The van der Waals surface area contributed by atoms with Gasteiger partial charge in [0.05, 0.1) is 19.8 Å². The Hall–Kier alpha value is -1.30. The second kappa shape index (κ2) is 7.92. The van der Waals surface area contributed by atoms with Gasteiger partial charge in [0.25, 0.3) is 0 Å². The van der Waals surface area contributed by atoms with E-state index in [1.807, 2.05) is 18.7 Å². The molecular formula is C12H24N4O2. The lowest BCUT2D eigenvalue weighted by Crippen LogP contribution is -2.45. The van der Waals surface area contributed by atoms with E-state index in [0.717, 1.165) is 19.5 Å². The Morgan fingerprint density at radius 2 is 2.17 bits per heavy atom. The number of nitrogens with two attached hydrogens (primary N) is 1. The zero-order chi connectivity index (χ0) is 13.4. The summed E-state index contributed by atoms with van der Waals surface area (Å²) >= 11 is 0. The van der Waals surface area contributed by atoms with Crippen molar-refractivity contribution in [1.82, 2.24) is 10.2 Å². The second-order valence-electron chi connectivity index (χ2n) is 4.47. The molecule has 0 bridgehead atoms. The van der Waals surface area contributed by atoms with Crippen LogP contribution in [0, 0.1) is 0 Å². The number of nitrogens with one attached hydrogen (secondary N) is 1. The molecule has 1 saturated heterocycles. The van der Waals surface area contributed by atoms with Crippen LogP contribution in [0.15, 0.2) is 4.99 Å².